The molecule has 0 aliphatic rings. The second kappa shape index (κ2) is 7.04. The van der Waals surface area contributed by atoms with Crippen LogP contribution < -0.4 is 16.4 Å². The molecule has 3 amide bonds. The smallest absolute Gasteiger partial charge is 0.305 e. The number of carbonyl (C=O) groups excluding carboxylic acids is 3. The first-order valence-electron chi connectivity index (χ1n) is 5.99. The van der Waals surface area contributed by atoms with Gasteiger partial charge >= 0.3 is 5.97 Å². The minimum absolute atomic E-state index is 0.165. The molecule has 0 saturated heterocycles. The summed E-state index contributed by atoms with van der Waals surface area (Å²) in [6, 6.07) is 4.67. The fraction of sp³-hybridized carbons (Fsp3) is 0.231. The summed E-state index contributed by atoms with van der Waals surface area (Å²) in [7, 11) is 0. The summed E-state index contributed by atoms with van der Waals surface area (Å²) in [5.41, 5.74) is 5.60. The van der Waals surface area contributed by atoms with Gasteiger partial charge in [0.1, 0.15) is 6.04 Å². The Morgan fingerprint density at radius 2 is 1.95 bits per heavy atom. The number of rotatable bonds is 6. The van der Waals surface area contributed by atoms with Gasteiger partial charge in [0, 0.05) is 18.2 Å². The van der Waals surface area contributed by atoms with Crippen molar-refractivity contribution in [2.75, 3.05) is 5.32 Å². The number of nitrogens with one attached hydrogen (secondary N) is 2. The lowest BCUT2D eigenvalue weighted by molar-refractivity contribution is -0.139. The molecule has 8 heteroatoms. The molecule has 112 valence electrons. The molecule has 21 heavy (non-hydrogen) atoms. The number of aliphatic carboxylic acids is 1. The summed E-state index contributed by atoms with van der Waals surface area (Å²) < 4.78 is 0. The topological polar surface area (TPSA) is 139 Å². The predicted octanol–water partition coefficient (Wildman–Crippen LogP) is -0.297. The van der Waals surface area contributed by atoms with Crippen LogP contribution in [0.5, 0.6) is 0 Å². The Labute approximate surface area is 120 Å². The van der Waals surface area contributed by atoms with Crippen molar-refractivity contribution >= 4 is 29.4 Å². The summed E-state index contributed by atoms with van der Waals surface area (Å²) in [6.07, 6.45) is -0.605. The van der Waals surface area contributed by atoms with E-state index in [4.69, 9.17) is 10.8 Å². The van der Waals surface area contributed by atoms with Crippen molar-refractivity contribution in [3.05, 3.63) is 29.8 Å². The van der Waals surface area contributed by atoms with Crippen molar-refractivity contribution in [1.29, 1.82) is 0 Å². The standard InChI is InChI=1S/C13H15N3O5/c1-7(17)15-9-4-2-3-8(5-9)13(21)16-10(12(14)20)6-11(18)19/h2-5,10H,6H2,1H3,(H2,14,20)(H,15,17)(H,16,21)(H,18,19)/t10-/m0/s1. The van der Waals surface area contributed by atoms with Gasteiger partial charge in [-0.15, -0.1) is 0 Å². The molecule has 5 N–H and O–H groups in total. The van der Waals surface area contributed by atoms with E-state index in [9.17, 15) is 19.2 Å². The van der Waals surface area contributed by atoms with Gasteiger partial charge < -0.3 is 21.5 Å². The molecule has 0 heterocycles. The molecular weight excluding hydrogens is 278 g/mol. The number of amides is 3. The number of hydrogen-bond donors (Lipinski definition) is 4. The highest BCUT2D eigenvalue weighted by Crippen LogP contribution is 2.11. The number of carboxylic acid groups (broad SMARTS) is 1. The highest BCUT2D eigenvalue weighted by molar-refractivity contribution is 5.99. The van der Waals surface area contributed by atoms with Crippen LogP contribution in [0.15, 0.2) is 24.3 Å². The number of carbonyl (C=O) groups is 4. The monoisotopic (exact) mass is 293 g/mol. The van der Waals surface area contributed by atoms with E-state index in [2.05, 4.69) is 10.6 Å². The average molecular weight is 293 g/mol. The van der Waals surface area contributed by atoms with Crippen LogP contribution in [-0.2, 0) is 14.4 Å². The van der Waals surface area contributed by atoms with Gasteiger partial charge in [0.2, 0.25) is 11.8 Å². The summed E-state index contributed by atoms with van der Waals surface area (Å²) in [6.45, 7) is 1.32. The summed E-state index contributed by atoms with van der Waals surface area (Å²) in [5, 5.41) is 13.4. The van der Waals surface area contributed by atoms with Gasteiger partial charge in [-0.25, -0.2) is 0 Å². The van der Waals surface area contributed by atoms with Crippen molar-refractivity contribution in [3.8, 4) is 0 Å². The average Bonchev–Trinajstić information content (AvgIpc) is 2.36. The predicted molar refractivity (Wildman–Crippen MR) is 73.4 cm³/mol. The van der Waals surface area contributed by atoms with Crippen molar-refractivity contribution in [2.45, 2.75) is 19.4 Å². The molecule has 0 radical (unpaired) electrons. The zero-order valence-corrected chi connectivity index (χ0v) is 11.3. The van der Waals surface area contributed by atoms with Crippen molar-refractivity contribution in [3.63, 3.8) is 0 Å². The van der Waals surface area contributed by atoms with Crippen LogP contribution in [0.25, 0.3) is 0 Å². The fourth-order valence-corrected chi connectivity index (χ4v) is 1.58. The minimum Gasteiger partial charge on any atom is -0.481 e. The maximum atomic E-state index is 12.0. The van der Waals surface area contributed by atoms with E-state index in [1.165, 1.54) is 25.1 Å². The molecule has 0 aliphatic carbocycles. The van der Waals surface area contributed by atoms with Crippen molar-refractivity contribution < 1.29 is 24.3 Å². The zero-order chi connectivity index (χ0) is 16.0. The minimum atomic E-state index is -1.31. The Hall–Kier alpha value is -2.90. The van der Waals surface area contributed by atoms with Crippen LogP contribution in [-0.4, -0.2) is 34.8 Å². The van der Waals surface area contributed by atoms with Crippen LogP contribution in [0.3, 0.4) is 0 Å². The second-order valence-corrected chi connectivity index (χ2v) is 4.29. The Balaban J connectivity index is 2.84. The maximum Gasteiger partial charge on any atom is 0.305 e. The molecule has 1 aromatic rings. The fourth-order valence-electron chi connectivity index (χ4n) is 1.58. The highest BCUT2D eigenvalue weighted by Gasteiger charge is 2.22. The maximum absolute atomic E-state index is 12.0. The zero-order valence-electron chi connectivity index (χ0n) is 11.3. The van der Waals surface area contributed by atoms with Crippen LogP contribution in [0.4, 0.5) is 5.69 Å². The number of anilines is 1. The normalized spacial score (nSPS) is 11.3. The third-order valence-electron chi connectivity index (χ3n) is 2.47. The molecule has 0 unspecified atom stereocenters. The third kappa shape index (κ3) is 5.31. The summed E-state index contributed by atoms with van der Waals surface area (Å²) in [4.78, 5) is 44.6. The van der Waals surface area contributed by atoms with Gasteiger partial charge in [-0.3, -0.25) is 19.2 Å². The Bertz CT molecular complexity index is 585. The molecule has 0 spiro atoms. The molecule has 1 atom stereocenters. The summed E-state index contributed by atoms with van der Waals surface area (Å²) in [5.74, 6) is -3.16. The SMILES string of the molecule is CC(=O)Nc1cccc(C(=O)N[C@@H](CC(=O)O)C(N)=O)c1. The van der Waals surface area contributed by atoms with E-state index in [1.54, 1.807) is 6.07 Å². The quantitative estimate of drug-likeness (QED) is 0.570. The van der Waals surface area contributed by atoms with Gasteiger partial charge in [-0.05, 0) is 18.2 Å². The highest BCUT2D eigenvalue weighted by atomic mass is 16.4. The molecule has 0 aromatic heterocycles. The van der Waals surface area contributed by atoms with Crippen LogP contribution >= 0.6 is 0 Å². The van der Waals surface area contributed by atoms with E-state index >= 15 is 0 Å². The van der Waals surface area contributed by atoms with Gasteiger partial charge in [-0.1, -0.05) is 6.07 Å². The van der Waals surface area contributed by atoms with Crippen molar-refractivity contribution in [2.24, 2.45) is 5.73 Å². The van der Waals surface area contributed by atoms with E-state index in [0.717, 1.165) is 0 Å². The Kier molecular flexibility index (Phi) is 5.41. The van der Waals surface area contributed by atoms with Crippen LogP contribution in [0, 0.1) is 0 Å². The van der Waals surface area contributed by atoms with E-state index in [1.807, 2.05) is 0 Å². The first kappa shape index (κ1) is 16.2. The van der Waals surface area contributed by atoms with Gasteiger partial charge in [-0.2, -0.15) is 0 Å². The lowest BCUT2D eigenvalue weighted by Gasteiger charge is -2.13. The Morgan fingerprint density at radius 3 is 2.48 bits per heavy atom. The number of nitrogens with two attached hydrogens (primary N) is 1. The molecule has 0 saturated carbocycles. The van der Waals surface area contributed by atoms with Gasteiger partial charge in [0.05, 0.1) is 6.42 Å². The largest absolute Gasteiger partial charge is 0.481 e. The molecule has 1 rings (SSSR count). The number of benzene rings is 1. The number of carboxylic acids is 1. The third-order valence-corrected chi connectivity index (χ3v) is 2.47. The van der Waals surface area contributed by atoms with E-state index in [-0.39, 0.29) is 11.5 Å². The molecule has 0 bridgehead atoms. The van der Waals surface area contributed by atoms with Crippen molar-refractivity contribution in [1.82, 2.24) is 5.32 Å². The molecule has 1 aromatic carbocycles. The lowest BCUT2D eigenvalue weighted by atomic mass is 10.1. The molecule has 0 aliphatic heterocycles. The molecule has 0 fully saturated rings. The number of hydrogen-bond acceptors (Lipinski definition) is 4. The van der Waals surface area contributed by atoms with E-state index in [0.29, 0.717) is 5.69 Å². The first-order chi connectivity index (χ1) is 9.79. The van der Waals surface area contributed by atoms with Crippen LogP contribution in [0.2, 0.25) is 0 Å². The Morgan fingerprint density at radius 1 is 1.29 bits per heavy atom. The van der Waals surface area contributed by atoms with Gasteiger partial charge in [0.15, 0.2) is 0 Å². The lowest BCUT2D eigenvalue weighted by Crippen LogP contribution is -2.45. The second-order valence-electron chi connectivity index (χ2n) is 4.29. The van der Waals surface area contributed by atoms with Crippen LogP contribution in [0.1, 0.15) is 23.7 Å². The first-order valence-corrected chi connectivity index (χ1v) is 5.99. The molecule has 8 nitrogen and oxygen atoms in total. The molecular formula is C13H15N3O5. The number of primary amides is 1. The summed E-state index contributed by atoms with van der Waals surface area (Å²) >= 11 is 0. The van der Waals surface area contributed by atoms with E-state index < -0.39 is 30.2 Å². The van der Waals surface area contributed by atoms with Gasteiger partial charge in [0.25, 0.3) is 5.91 Å².